The van der Waals surface area contributed by atoms with Gasteiger partial charge in [-0.15, -0.1) is 0 Å². The second-order valence-electron chi connectivity index (χ2n) is 17.4. The van der Waals surface area contributed by atoms with E-state index < -0.39 is 187 Å². The van der Waals surface area contributed by atoms with Crippen LogP contribution in [0.15, 0.2) is 188 Å². The van der Waals surface area contributed by atoms with Crippen LogP contribution >= 0.6 is 0 Å². The van der Waals surface area contributed by atoms with E-state index in [1.165, 1.54) is 30.3 Å². The standard InChI is InChI=1S/C49H34F2N6O23S6.6Na/c50-33-9-7-25(47(60)54-35-11-13-39(83(69,70)71)31-19-29(81(63,64)65)21-41(43(31)35)85(75,76)77)17-37(33)56-45(58)23-3-1-5-27(15-23)52-49(62)53-28-6-2-4-24(16-28)46(59)57-38-18-26(8-10-34(38)51)48(61)55-36-12-14-40(84(72,73)74)32-20-30(82(66,67)68)22-42(44(32)36)86(78,79)80;;;;;;/h1-22H,(H,54,60)(H,55,61)(H,56,58)(H,57,59)(H2,52,53,62)(H,63,64,65)(H,66,67,68)(H,69,70,71)(H,72,73,74)(H,75,76,77)(H,78,79,80);;;;;;/q;6*+1/p-6. The Morgan fingerprint density at radius 2 is 0.728 bits per heavy atom. The Kier molecular flexibility index (Phi) is 30.3. The Morgan fingerprint density at radius 3 is 1.12 bits per heavy atom. The van der Waals surface area contributed by atoms with Crippen LogP contribution in [0.1, 0.15) is 22.3 Å². The van der Waals surface area contributed by atoms with Gasteiger partial charge in [-0.25, -0.2) is 22.2 Å². The van der Waals surface area contributed by atoms with E-state index in [1.807, 2.05) is 0 Å². The third-order valence-corrected chi connectivity index (χ3v) is 16.9. The van der Waals surface area contributed by atoms with Gasteiger partial charge in [0, 0.05) is 27.2 Å². The van der Waals surface area contributed by atoms with Gasteiger partial charge < -0.3 is 35.4 Å². The minimum atomic E-state index is -5.57. The largest absolute Gasteiger partial charge is 1.00 e. The number of amidine groups is 1. The van der Waals surface area contributed by atoms with Crippen molar-refractivity contribution in [3.05, 3.63) is 167 Å². The maximum Gasteiger partial charge on any atom is 1.00 e. The molecule has 8 aromatic rings. The summed E-state index contributed by atoms with van der Waals surface area (Å²) in [6.07, 6.45) is 0. The van der Waals surface area contributed by atoms with E-state index in [4.69, 9.17) is 0 Å². The number of aliphatic imine (C=N–C) groups is 5. The molecule has 0 aliphatic carbocycles. The number of benzene rings is 8. The summed E-state index contributed by atoms with van der Waals surface area (Å²) in [5.41, 5.74) is -5.21. The summed E-state index contributed by atoms with van der Waals surface area (Å²) in [5.74, 6) is -7.48. The van der Waals surface area contributed by atoms with Crippen molar-refractivity contribution in [1.29, 1.82) is 0 Å². The van der Waals surface area contributed by atoms with E-state index in [0.717, 1.165) is 30.3 Å². The summed E-state index contributed by atoms with van der Waals surface area (Å²) in [5, 5.41) is 65.2. The van der Waals surface area contributed by atoms with E-state index in [2.05, 4.69) is 30.3 Å². The first-order valence-corrected chi connectivity index (χ1v) is 31.3. The Balaban J connectivity index is 0.00000480. The Morgan fingerprint density at radius 1 is 0.370 bits per heavy atom. The van der Waals surface area contributed by atoms with Crippen molar-refractivity contribution >= 4 is 146 Å². The number of hydrogen-bond donors (Lipinski definition) is 6. The first kappa shape index (κ1) is 84.8. The molecule has 0 radical (unpaired) electrons. The average Bonchev–Trinajstić information content (AvgIpc) is 0.753. The molecule has 0 saturated carbocycles. The maximum absolute atomic E-state index is 15.1. The first-order chi connectivity index (χ1) is 39.8. The molecule has 0 spiro atoms. The summed E-state index contributed by atoms with van der Waals surface area (Å²) in [7, 11) is -32.6. The van der Waals surface area contributed by atoms with Gasteiger partial charge in [-0.1, -0.05) is 36.4 Å². The Bertz CT molecular complexity index is 5150. The molecule has 0 amide bonds. The van der Waals surface area contributed by atoms with Crippen molar-refractivity contribution in [2.75, 3.05) is 5.32 Å². The molecule has 29 nitrogen and oxygen atoms in total. The Hall–Kier alpha value is -3.25. The molecular weight excluding hydrogens is 1410 g/mol. The van der Waals surface area contributed by atoms with Crippen molar-refractivity contribution in [3.8, 4) is 0 Å². The van der Waals surface area contributed by atoms with Crippen LogP contribution in [-0.4, -0.2) is 107 Å². The first-order valence-electron chi connectivity index (χ1n) is 22.7. The molecule has 0 aliphatic rings. The number of rotatable bonds is 16. The third kappa shape index (κ3) is 20.4. The van der Waals surface area contributed by atoms with Crippen LogP contribution in [0, 0.1) is 11.6 Å². The maximum atomic E-state index is 15.1. The minimum absolute atomic E-state index is 0. The summed E-state index contributed by atoms with van der Waals surface area (Å²) >= 11 is 0. The third-order valence-electron chi connectivity index (χ3n) is 11.6. The molecule has 0 unspecified atom stereocenters. The summed E-state index contributed by atoms with van der Waals surface area (Å²) in [6.45, 7) is 0. The van der Waals surface area contributed by atoms with Gasteiger partial charge in [0.25, 0.3) is 50.6 Å². The van der Waals surface area contributed by atoms with Crippen LogP contribution in [-0.2, 0) is 60.7 Å². The molecule has 8 aromatic carbocycles. The molecule has 0 heterocycles. The van der Waals surface area contributed by atoms with Gasteiger partial charge >= 0.3 is 177 Å². The predicted molar refractivity (Wildman–Crippen MR) is 286 cm³/mol. The van der Waals surface area contributed by atoms with Gasteiger partial charge in [0.05, 0.1) is 44.2 Å². The molecule has 0 fully saturated rings. The van der Waals surface area contributed by atoms with Crippen molar-refractivity contribution in [1.82, 2.24) is 0 Å². The van der Waals surface area contributed by atoms with Crippen LogP contribution in [0.25, 0.3) is 21.5 Å². The van der Waals surface area contributed by atoms with E-state index >= 15 is 8.78 Å². The smallest absolute Gasteiger partial charge is 0.858 e. The Labute approximate surface area is 652 Å². The number of anilines is 1. The number of halogens is 2. The van der Waals surface area contributed by atoms with Crippen LogP contribution in [0.5, 0.6) is 0 Å². The van der Waals surface area contributed by atoms with Gasteiger partial charge in [0.1, 0.15) is 41.3 Å². The quantitative estimate of drug-likeness (QED) is 0.0226. The summed E-state index contributed by atoms with van der Waals surface area (Å²) in [4.78, 5) is 10.8. The number of nitrogens with zero attached hydrogens (tertiary/aromatic N) is 5. The minimum Gasteiger partial charge on any atom is -0.858 e. The molecule has 0 saturated heterocycles. The zero-order valence-electron chi connectivity index (χ0n) is 47.7. The van der Waals surface area contributed by atoms with Gasteiger partial charge in [-0.05, 0) is 143 Å². The van der Waals surface area contributed by atoms with E-state index in [0.29, 0.717) is 60.7 Å². The fraction of sp³-hybridized carbons (Fsp3) is 0. The van der Waals surface area contributed by atoms with Gasteiger partial charge in [-0.2, -0.15) is 42.1 Å². The molecule has 0 aromatic heterocycles. The van der Waals surface area contributed by atoms with Crippen molar-refractivity contribution in [2.24, 2.45) is 25.0 Å². The molecule has 0 aliphatic heterocycles. The zero-order valence-corrected chi connectivity index (χ0v) is 64.6. The monoisotopic (exact) mass is 1440 g/mol. The fourth-order valence-corrected chi connectivity index (χ4v) is 12.0. The van der Waals surface area contributed by atoms with Crippen molar-refractivity contribution in [2.45, 2.75) is 29.4 Å². The summed E-state index contributed by atoms with van der Waals surface area (Å²) in [6, 6.07) is 16.2. The zero-order chi connectivity index (χ0) is 63.4. The van der Waals surface area contributed by atoms with Crippen LogP contribution < -0.4 is 208 Å². The van der Waals surface area contributed by atoms with Crippen molar-refractivity contribution in [3.63, 3.8) is 0 Å². The normalized spacial score (nSPS) is 12.9. The van der Waals surface area contributed by atoms with Crippen LogP contribution in [0.2, 0.25) is 0 Å². The number of fused-ring (bicyclic) bond motifs is 2. The fourth-order valence-electron chi connectivity index (χ4n) is 7.95. The average molecular weight is 1440 g/mol. The second kappa shape index (κ2) is 32.9. The number of hydrogen-bond acceptors (Lipinski definition) is 23. The molecular formula is C49H28F2N6Na6O23S6. The topological polar surface area (TPSA) is 518 Å². The van der Waals surface area contributed by atoms with E-state index in [9.17, 15) is 103 Å². The summed E-state index contributed by atoms with van der Waals surface area (Å²) < 4.78 is 237. The predicted octanol–water partition coefficient (Wildman–Crippen LogP) is -16.4. The molecule has 0 bridgehead atoms. The van der Waals surface area contributed by atoms with E-state index in [-0.39, 0.29) is 212 Å². The molecule has 43 heteroatoms. The van der Waals surface area contributed by atoms with Crippen molar-refractivity contribution < 1.29 is 289 Å². The van der Waals surface area contributed by atoms with Gasteiger partial charge in [0.15, 0.2) is 0 Å². The second-order valence-corrected chi connectivity index (χ2v) is 25.7. The van der Waals surface area contributed by atoms with E-state index in [1.54, 1.807) is 0 Å². The molecule has 0 atom stereocenters. The van der Waals surface area contributed by atoms with Gasteiger partial charge in [-0.3, -0.25) is 42.7 Å². The molecule has 448 valence electrons. The van der Waals surface area contributed by atoms with Crippen LogP contribution in [0.4, 0.5) is 42.9 Å². The number of nitrogens with one attached hydrogen (secondary N) is 1. The van der Waals surface area contributed by atoms with Crippen LogP contribution in [0.3, 0.4) is 0 Å². The molecule has 8 rings (SSSR count). The molecule has 6 N–H and O–H groups in total. The van der Waals surface area contributed by atoms with Gasteiger partial charge in [0.2, 0.25) is 0 Å². The molecule has 92 heavy (non-hydrogen) atoms. The SMILES string of the molecule is O=S(=O)([O-])c1cc(S(=O)(=O)O)c2c(N=C([O-])c3ccc(F)c(N=C([O-])c4cccc(N=C([O-])Nc5cccc(C([O-])=Nc6cc(C([O-])=Nc7ccc(S(=O)(=O)O)c8cc(S(=O)(=O)O)cc(S(=O)(=O)O)c78)ccc6F)c5)c4)c3)ccc(S(=O)(=O)O)c2c1.[Na+].[Na+].[Na+].[Na+].[Na+].[Na+].